The molecule has 1 aromatic carbocycles. The molecule has 8 nitrogen and oxygen atoms in total. The van der Waals surface area contributed by atoms with Crippen molar-refractivity contribution >= 4 is 11.6 Å². The molecule has 1 atom stereocenters. The molecular formula is C19H21N3O5. The van der Waals surface area contributed by atoms with Gasteiger partial charge in [-0.2, -0.15) is 0 Å². The van der Waals surface area contributed by atoms with Gasteiger partial charge in [-0.05, 0) is 18.9 Å². The predicted octanol–water partition coefficient (Wildman–Crippen LogP) is 2.29. The molecule has 0 amide bonds. The number of H-pyrrole nitrogens is 2. The molecule has 1 aliphatic carbocycles. The number of Topliss-reactive ketones (excluding diaryl/α,β-unsaturated/α-hetero) is 1. The fraction of sp³-hybridized carbons (Fsp3) is 0.368. The van der Waals surface area contributed by atoms with E-state index in [4.69, 9.17) is 14.2 Å². The van der Waals surface area contributed by atoms with Gasteiger partial charge in [0.25, 0.3) is 5.56 Å². The third kappa shape index (κ3) is 2.51. The number of aromatic nitrogens is 2. The van der Waals surface area contributed by atoms with E-state index in [2.05, 4.69) is 15.5 Å². The van der Waals surface area contributed by atoms with Crippen LogP contribution < -0.4 is 25.1 Å². The van der Waals surface area contributed by atoms with Crippen molar-refractivity contribution in [2.75, 3.05) is 26.6 Å². The number of aromatic amines is 2. The topological polar surface area (TPSA) is 105 Å². The van der Waals surface area contributed by atoms with Crippen LogP contribution in [0.5, 0.6) is 17.2 Å². The van der Waals surface area contributed by atoms with Crippen LogP contribution in [-0.2, 0) is 4.79 Å². The highest BCUT2D eigenvalue weighted by atomic mass is 16.5. The summed E-state index contributed by atoms with van der Waals surface area (Å²) in [6.07, 6.45) is 1.99. The Morgan fingerprint density at radius 1 is 0.963 bits per heavy atom. The van der Waals surface area contributed by atoms with Gasteiger partial charge in [0.15, 0.2) is 17.3 Å². The Morgan fingerprint density at radius 2 is 1.74 bits per heavy atom. The largest absolute Gasteiger partial charge is 0.493 e. The van der Waals surface area contributed by atoms with Crippen molar-refractivity contribution in [2.24, 2.45) is 0 Å². The third-order valence-corrected chi connectivity index (χ3v) is 5.17. The minimum Gasteiger partial charge on any atom is -0.493 e. The Labute approximate surface area is 155 Å². The number of allylic oxidation sites excluding steroid dienone is 2. The zero-order chi connectivity index (χ0) is 19.1. The van der Waals surface area contributed by atoms with Crippen LogP contribution in [0.1, 0.15) is 36.3 Å². The maximum absolute atomic E-state index is 12.8. The van der Waals surface area contributed by atoms with Crippen LogP contribution in [-0.4, -0.2) is 37.3 Å². The summed E-state index contributed by atoms with van der Waals surface area (Å²) in [4.78, 5) is 25.4. The van der Waals surface area contributed by atoms with Gasteiger partial charge >= 0.3 is 0 Å². The molecule has 27 heavy (non-hydrogen) atoms. The number of ketones is 1. The Hall–Kier alpha value is -3.16. The third-order valence-electron chi connectivity index (χ3n) is 5.17. The molecular weight excluding hydrogens is 350 g/mol. The van der Waals surface area contributed by atoms with E-state index in [0.29, 0.717) is 46.2 Å². The Kier molecular flexibility index (Phi) is 4.18. The van der Waals surface area contributed by atoms with E-state index in [0.717, 1.165) is 18.5 Å². The van der Waals surface area contributed by atoms with Crippen LogP contribution >= 0.6 is 0 Å². The number of methoxy groups -OCH3 is 3. The normalized spacial score (nSPS) is 18.5. The van der Waals surface area contributed by atoms with Crippen LogP contribution in [0, 0.1) is 0 Å². The molecule has 2 aliphatic rings. The molecule has 1 aliphatic heterocycles. The van der Waals surface area contributed by atoms with Gasteiger partial charge in [0, 0.05) is 23.3 Å². The quantitative estimate of drug-likeness (QED) is 0.762. The van der Waals surface area contributed by atoms with Gasteiger partial charge in [0.1, 0.15) is 5.82 Å². The number of benzene rings is 1. The van der Waals surface area contributed by atoms with Crippen LogP contribution in [0.4, 0.5) is 5.82 Å². The summed E-state index contributed by atoms with van der Waals surface area (Å²) in [5, 5.41) is 8.70. The molecule has 2 aromatic rings. The first-order valence-corrected chi connectivity index (χ1v) is 8.73. The van der Waals surface area contributed by atoms with Crippen LogP contribution in [0.15, 0.2) is 28.2 Å². The van der Waals surface area contributed by atoms with Gasteiger partial charge in [-0.3, -0.25) is 19.8 Å². The Morgan fingerprint density at radius 3 is 2.44 bits per heavy atom. The van der Waals surface area contributed by atoms with E-state index in [-0.39, 0.29) is 11.3 Å². The van der Waals surface area contributed by atoms with E-state index >= 15 is 0 Å². The van der Waals surface area contributed by atoms with Crippen molar-refractivity contribution in [3.8, 4) is 17.2 Å². The second kappa shape index (κ2) is 6.53. The highest BCUT2D eigenvalue weighted by molar-refractivity contribution is 6.01. The average molecular weight is 371 g/mol. The number of carbonyl (C=O) groups is 1. The van der Waals surface area contributed by atoms with Crippen LogP contribution in [0.25, 0.3) is 0 Å². The van der Waals surface area contributed by atoms with Crippen molar-refractivity contribution in [3.05, 3.63) is 44.9 Å². The van der Waals surface area contributed by atoms with Crippen molar-refractivity contribution in [1.29, 1.82) is 0 Å². The fourth-order valence-corrected chi connectivity index (χ4v) is 4.03. The summed E-state index contributed by atoms with van der Waals surface area (Å²) in [5.74, 6) is 1.45. The number of anilines is 1. The monoisotopic (exact) mass is 371 g/mol. The lowest BCUT2D eigenvalue weighted by Crippen LogP contribution is -2.29. The number of rotatable bonds is 4. The second-order valence-corrected chi connectivity index (χ2v) is 6.52. The number of hydrogen-bond acceptors (Lipinski definition) is 6. The van der Waals surface area contributed by atoms with E-state index in [9.17, 15) is 9.59 Å². The highest BCUT2D eigenvalue weighted by Gasteiger charge is 2.39. The summed E-state index contributed by atoms with van der Waals surface area (Å²) in [6, 6.07) is 3.58. The zero-order valence-corrected chi connectivity index (χ0v) is 15.4. The zero-order valence-electron chi connectivity index (χ0n) is 15.4. The number of ether oxygens (including phenoxy) is 3. The van der Waals surface area contributed by atoms with E-state index in [1.54, 1.807) is 13.2 Å². The van der Waals surface area contributed by atoms with E-state index < -0.39 is 5.92 Å². The maximum atomic E-state index is 12.8. The van der Waals surface area contributed by atoms with Crippen LogP contribution in [0.3, 0.4) is 0 Å². The van der Waals surface area contributed by atoms with E-state index in [1.165, 1.54) is 14.2 Å². The lowest BCUT2D eigenvalue weighted by molar-refractivity contribution is -0.116. The molecule has 0 saturated heterocycles. The van der Waals surface area contributed by atoms with Gasteiger partial charge in [-0.25, -0.2) is 0 Å². The summed E-state index contributed by atoms with van der Waals surface area (Å²) in [5.41, 5.74) is 2.34. The summed E-state index contributed by atoms with van der Waals surface area (Å²) in [7, 11) is 4.60. The molecule has 0 radical (unpaired) electrons. The van der Waals surface area contributed by atoms with E-state index in [1.807, 2.05) is 6.07 Å². The van der Waals surface area contributed by atoms with Gasteiger partial charge in [0.05, 0.1) is 32.8 Å². The first kappa shape index (κ1) is 17.3. The van der Waals surface area contributed by atoms with Gasteiger partial charge in [0.2, 0.25) is 5.75 Å². The minimum atomic E-state index is -0.547. The fourth-order valence-electron chi connectivity index (χ4n) is 4.03. The molecule has 0 spiro atoms. The van der Waals surface area contributed by atoms with Crippen molar-refractivity contribution < 1.29 is 19.0 Å². The van der Waals surface area contributed by atoms with Gasteiger partial charge in [-0.15, -0.1) is 0 Å². The molecule has 8 heteroatoms. The summed E-state index contributed by atoms with van der Waals surface area (Å²) < 4.78 is 16.5. The standard InChI is InChI=1S/C19H21N3O5/c1-25-12-8-7-9(16(26-2)17(12)27-3)13-14-10(5-4-6-11(14)23)20-18-15(13)19(24)22-21-18/h7-8,13H,4-6H2,1-3H3,(H3,20,21,22,24)/t13-/m0/s1. The molecule has 0 saturated carbocycles. The molecule has 0 bridgehead atoms. The number of nitrogens with one attached hydrogen (secondary N) is 3. The molecule has 1 aromatic heterocycles. The molecule has 4 rings (SSSR count). The Bertz CT molecular complexity index is 1000. The number of carbonyl (C=O) groups excluding carboxylic acids is 1. The minimum absolute atomic E-state index is 0.0387. The number of hydrogen-bond donors (Lipinski definition) is 3. The number of fused-ring (bicyclic) bond motifs is 1. The van der Waals surface area contributed by atoms with Crippen molar-refractivity contribution in [3.63, 3.8) is 0 Å². The summed E-state index contributed by atoms with van der Waals surface area (Å²) in [6.45, 7) is 0. The van der Waals surface area contributed by atoms with Gasteiger partial charge < -0.3 is 19.5 Å². The highest BCUT2D eigenvalue weighted by Crippen LogP contribution is 2.50. The maximum Gasteiger partial charge on any atom is 0.270 e. The van der Waals surface area contributed by atoms with Crippen molar-refractivity contribution in [1.82, 2.24) is 10.2 Å². The lowest BCUT2D eigenvalue weighted by atomic mass is 9.76. The first-order valence-electron chi connectivity index (χ1n) is 8.73. The summed E-state index contributed by atoms with van der Waals surface area (Å²) >= 11 is 0. The smallest absolute Gasteiger partial charge is 0.270 e. The lowest BCUT2D eigenvalue weighted by Gasteiger charge is -2.32. The second-order valence-electron chi connectivity index (χ2n) is 6.52. The SMILES string of the molecule is COc1ccc([C@H]2C3=C(CCCC3=O)Nc3[nH][nH]c(=O)c32)c(OC)c1OC. The first-order chi connectivity index (χ1) is 13.1. The molecule has 0 unspecified atom stereocenters. The molecule has 3 N–H and O–H groups in total. The molecule has 2 heterocycles. The van der Waals surface area contributed by atoms with Gasteiger partial charge in [-0.1, -0.05) is 6.07 Å². The predicted molar refractivity (Wildman–Crippen MR) is 98.9 cm³/mol. The Balaban J connectivity index is 2.01. The van der Waals surface area contributed by atoms with Crippen molar-refractivity contribution in [2.45, 2.75) is 25.2 Å². The average Bonchev–Trinajstić information content (AvgIpc) is 3.05. The molecule has 0 fully saturated rings. The molecule has 142 valence electrons. The van der Waals surface area contributed by atoms with Crippen LogP contribution in [0.2, 0.25) is 0 Å².